The van der Waals surface area contributed by atoms with Gasteiger partial charge in [0.15, 0.2) is 0 Å². The zero-order valence-corrected chi connectivity index (χ0v) is 13.4. The molecule has 1 amide bonds. The summed E-state index contributed by atoms with van der Waals surface area (Å²) in [7, 11) is 0. The first-order valence-electron chi connectivity index (χ1n) is 6.24. The second kappa shape index (κ2) is 7.22. The van der Waals surface area contributed by atoms with Gasteiger partial charge < -0.3 is 10.6 Å². The maximum Gasteiger partial charge on any atom is 0.271 e. The highest BCUT2D eigenvalue weighted by Crippen LogP contribution is 2.18. The molecule has 0 saturated carbocycles. The quantitative estimate of drug-likeness (QED) is 0.863. The van der Waals surface area contributed by atoms with Crippen LogP contribution in [0.1, 0.15) is 30.8 Å². The third-order valence-electron chi connectivity index (χ3n) is 3.49. The SMILES string of the molecule is CC1CCNC(C)C1NC(=O)c1ncccc1Br.Cl. The Labute approximate surface area is 128 Å². The second-order valence-corrected chi connectivity index (χ2v) is 5.70. The maximum absolute atomic E-state index is 12.2. The minimum atomic E-state index is -0.116. The number of rotatable bonds is 2. The fraction of sp³-hybridized carbons (Fsp3) is 0.538. The number of nitrogens with zero attached hydrogens (tertiary/aromatic N) is 1. The van der Waals surface area contributed by atoms with Crippen molar-refractivity contribution in [2.75, 3.05) is 6.54 Å². The molecule has 1 saturated heterocycles. The highest BCUT2D eigenvalue weighted by atomic mass is 79.9. The third kappa shape index (κ3) is 3.91. The fourth-order valence-corrected chi connectivity index (χ4v) is 2.81. The van der Waals surface area contributed by atoms with Crippen LogP contribution >= 0.6 is 28.3 Å². The average Bonchev–Trinajstić information content (AvgIpc) is 2.34. The molecule has 0 spiro atoms. The number of pyridine rings is 1. The van der Waals surface area contributed by atoms with E-state index in [1.165, 1.54) is 0 Å². The van der Waals surface area contributed by atoms with Gasteiger partial charge >= 0.3 is 0 Å². The molecule has 2 N–H and O–H groups in total. The van der Waals surface area contributed by atoms with Crippen molar-refractivity contribution in [1.82, 2.24) is 15.6 Å². The van der Waals surface area contributed by atoms with Crippen LogP contribution in [0.15, 0.2) is 22.8 Å². The summed E-state index contributed by atoms with van der Waals surface area (Å²) in [4.78, 5) is 16.3. The summed E-state index contributed by atoms with van der Waals surface area (Å²) in [5, 5.41) is 6.47. The molecule has 4 nitrogen and oxygen atoms in total. The Morgan fingerprint density at radius 2 is 2.26 bits per heavy atom. The molecule has 106 valence electrons. The highest BCUT2D eigenvalue weighted by Gasteiger charge is 2.29. The molecule has 0 aliphatic carbocycles. The number of amides is 1. The number of halogens is 2. The van der Waals surface area contributed by atoms with Crippen LogP contribution < -0.4 is 10.6 Å². The van der Waals surface area contributed by atoms with E-state index >= 15 is 0 Å². The van der Waals surface area contributed by atoms with Gasteiger partial charge in [0.05, 0.1) is 0 Å². The van der Waals surface area contributed by atoms with E-state index in [9.17, 15) is 4.79 Å². The number of hydrogen-bond donors (Lipinski definition) is 2. The van der Waals surface area contributed by atoms with Crippen LogP contribution in [0.25, 0.3) is 0 Å². The molecule has 0 radical (unpaired) electrons. The third-order valence-corrected chi connectivity index (χ3v) is 4.13. The Morgan fingerprint density at radius 3 is 2.89 bits per heavy atom. The van der Waals surface area contributed by atoms with Gasteiger partial charge in [-0.25, -0.2) is 4.98 Å². The summed E-state index contributed by atoms with van der Waals surface area (Å²) in [6.07, 6.45) is 2.71. The zero-order valence-electron chi connectivity index (χ0n) is 11.0. The van der Waals surface area contributed by atoms with Crippen molar-refractivity contribution >= 4 is 34.2 Å². The van der Waals surface area contributed by atoms with Crippen LogP contribution in [0.5, 0.6) is 0 Å². The lowest BCUT2D eigenvalue weighted by atomic mass is 9.89. The van der Waals surface area contributed by atoms with Gasteiger partial charge in [0.2, 0.25) is 0 Å². The first-order chi connectivity index (χ1) is 8.59. The molecule has 3 atom stereocenters. The van der Waals surface area contributed by atoms with Crippen molar-refractivity contribution < 1.29 is 4.79 Å². The Bertz CT molecular complexity index is 434. The standard InChI is InChI=1S/C13H18BrN3O.ClH/c1-8-5-7-15-9(2)11(8)17-13(18)12-10(14)4-3-6-16-12;/h3-4,6,8-9,11,15H,5,7H2,1-2H3,(H,17,18);1H. The molecule has 0 aromatic carbocycles. The van der Waals surface area contributed by atoms with E-state index in [-0.39, 0.29) is 24.4 Å². The van der Waals surface area contributed by atoms with E-state index < -0.39 is 0 Å². The molecule has 6 heteroatoms. The number of carbonyl (C=O) groups is 1. The summed E-state index contributed by atoms with van der Waals surface area (Å²) in [6, 6.07) is 4.07. The zero-order chi connectivity index (χ0) is 13.1. The largest absolute Gasteiger partial charge is 0.346 e. The summed E-state index contributed by atoms with van der Waals surface area (Å²) < 4.78 is 0.728. The Hall–Kier alpha value is -0.650. The predicted octanol–water partition coefficient (Wildman–Crippen LogP) is 2.38. The topological polar surface area (TPSA) is 54.0 Å². The molecule has 19 heavy (non-hydrogen) atoms. The summed E-state index contributed by atoms with van der Waals surface area (Å²) in [5.74, 6) is 0.363. The van der Waals surface area contributed by atoms with Gasteiger partial charge in [-0.1, -0.05) is 6.92 Å². The van der Waals surface area contributed by atoms with Crippen LogP contribution in [-0.4, -0.2) is 29.5 Å². The van der Waals surface area contributed by atoms with E-state index in [0.717, 1.165) is 17.4 Å². The van der Waals surface area contributed by atoms with Crippen LogP contribution in [0.4, 0.5) is 0 Å². The molecular weight excluding hydrogens is 330 g/mol. The number of nitrogens with one attached hydrogen (secondary N) is 2. The van der Waals surface area contributed by atoms with Gasteiger partial charge in [0, 0.05) is 22.8 Å². The molecule has 1 aromatic heterocycles. The van der Waals surface area contributed by atoms with E-state index in [0.29, 0.717) is 17.7 Å². The van der Waals surface area contributed by atoms with Gasteiger partial charge in [-0.15, -0.1) is 12.4 Å². The van der Waals surface area contributed by atoms with E-state index in [4.69, 9.17) is 0 Å². The van der Waals surface area contributed by atoms with Crippen LogP contribution in [0.3, 0.4) is 0 Å². The number of hydrogen-bond acceptors (Lipinski definition) is 3. The Balaban J connectivity index is 0.00000180. The lowest BCUT2D eigenvalue weighted by molar-refractivity contribution is 0.0891. The van der Waals surface area contributed by atoms with Crippen molar-refractivity contribution in [2.45, 2.75) is 32.4 Å². The predicted molar refractivity (Wildman–Crippen MR) is 81.7 cm³/mol. The summed E-state index contributed by atoms with van der Waals surface area (Å²) in [6.45, 7) is 5.30. The van der Waals surface area contributed by atoms with Crippen molar-refractivity contribution in [2.24, 2.45) is 5.92 Å². The molecular formula is C13H19BrClN3O. The summed E-state index contributed by atoms with van der Waals surface area (Å²) >= 11 is 3.35. The first-order valence-corrected chi connectivity index (χ1v) is 7.03. The lowest BCUT2D eigenvalue weighted by Crippen LogP contribution is -2.56. The van der Waals surface area contributed by atoms with Crippen LogP contribution in [0, 0.1) is 5.92 Å². The molecule has 1 fully saturated rings. The highest BCUT2D eigenvalue weighted by molar-refractivity contribution is 9.10. The lowest BCUT2D eigenvalue weighted by Gasteiger charge is -2.35. The average molecular weight is 349 g/mol. The van der Waals surface area contributed by atoms with Gasteiger partial charge in [0.1, 0.15) is 5.69 Å². The second-order valence-electron chi connectivity index (χ2n) is 4.84. The number of piperidine rings is 1. The van der Waals surface area contributed by atoms with Gasteiger partial charge in [0.25, 0.3) is 5.91 Å². The van der Waals surface area contributed by atoms with E-state index in [1.54, 1.807) is 12.3 Å². The first kappa shape index (κ1) is 16.4. The number of aromatic nitrogens is 1. The molecule has 2 rings (SSSR count). The van der Waals surface area contributed by atoms with Crippen molar-refractivity contribution in [1.29, 1.82) is 0 Å². The maximum atomic E-state index is 12.2. The molecule has 3 unspecified atom stereocenters. The molecule has 1 aliphatic rings. The normalized spacial score (nSPS) is 26.4. The molecule has 2 heterocycles. The Morgan fingerprint density at radius 1 is 1.53 bits per heavy atom. The van der Waals surface area contributed by atoms with Crippen LogP contribution in [0.2, 0.25) is 0 Å². The molecule has 1 aliphatic heterocycles. The van der Waals surface area contributed by atoms with Crippen molar-refractivity contribution in [3.8, 4) is 0 Å². The monoisotopic (exact) mass is 347 g/mol. The minimum absolute atomic E-state index is 0. The molecule has 1 aromatic rings. The van der Waals surface area contributed by atoms with Gasteiger partial charge in [-0.3, -0.25) is 4.79 Å². The Kier molecular flexibility index (Phi) is 6.23. The summed E-state index contributed by atoms with van der Waals surface area (Å²) in [5.41, 5.74) is 0.447. The van der Waals surface area contributed by atoms with Gasteiger partial charge in [-0.05, 0) is 53.9 Å². The van der Waals surface area contributed by atoms with Crippen molar-refractivity contribution in [3.63, 3.8) is 0 Å². The number of carbonyl (C=O) groups excluding carboxylic acids is 1. The molecule has 0 bridgehead atoms. The van der Waals surface area contributed by atoms with Gasteiger partial charge in [-0.2, -0.15) is 0 Å². The van der Waals surface area contributed by atoms with E-state index in [2.05, 4.69) is 45.4 Å². The smallest absolute Gasteiger partial charge is 0.271 e. The van der Waals surface area contributed by atoms with Crippen LogP contribution in [-0.2, 0) is 0 Å². The fourth-order valence-electron chi connectivity index (χ4n) is 2.38. The van der Waals surface area contributed by atoms with E-state index in [1.807, 2.05) is 6.07 Å². The van der Waals surface area contributed by atoms with Crippen molar-refractivity contribution in [3.05, 3.63) is 28.5 Å². The minimum Gasteiger partial charge on any atom is -0.346 e.